The molecule has 0 radical (unpaired) electrons. The van der Waals surface area contributed by atoms with Crippen molar-refractivity contribution in [1.82, 2.24) is 5.16 Å². The van der Waals surface area contributed by atoms with E-state index in [0.717, 1.165) is 0 Å². The van der Waals surface area contributed by atoms with E-state index in [2.05, 4.69) is 5.16 Å². The van der Waals surface area contributed by atoms with Gasteiger partial charge in [0.15, 0.2) is 17.9 Å². The molecule has 10 heteroatoms. The van der Waals surface area contributed by atoms with Crippen molar-refractivity contribution in [2.24, 2.45) is 0 Å². The number of ether oxygens (including phenoxy) is 4. The number of methoxy groups -OCH3 is 2. The van der Waals surface area contributed by atoms with Gasteiger partial charge in [-0.1, -0.05) is 5.16 Å². The summed E-state index contributed by atoms with van der Waals surface area (Å²) in [6, 6.07) is 1.70. The average molecular weight is 409 g/mol. The fourth-order valence-electron chi connectivity index (χ4n) is 4.03. The van der Waals surface area contributed by atoms with Gasteiger partial charge >= 0.3 is 6.09 Å². The van der Waals surface area contributed by atoms with Gasteiger partial charge in [0, 0.05) is 32.9 Å². The molecule has 29 heavy (non-hydrogen) atoms. The number of cyclic esters (lactones) is 1. The summed E-state index contributed by atoms with van der Waals surface area (Å²) in [5, 5.41) is 4.30. The van der Waals surface area contributed by atoms with Crippen molar-refractivity contribution >= 4 is 28.6 Å². The summed E-state index contributed by atoms with van der Waals surface area (Å²) < 4.78 is 42.7. The molecule has 0 spiro atoms. The fraction of sp³-hybridized carbons (Fsp3) is 0.579. The molecule has 2 saturated heterocycles. The monoisotopic (exact) mass is 409 g/mol. The number of carbonyl (C=O) groups is 1. The molecule has 2 aliphatic rings. The summed E-state index contributed by atoms with van der Waals surface area (Å²) in [5.74, 6) is -0.368. The maximum Gasteiger partial charge on any atom is 0.415 e. The van der Waals surface area contributed by atoms with Crippen LogP contribution >= 0.6 is 0 Å². The Bertz CT molecular complexity index is 905. The summed E-state index contributed by atoms with van der Waals surface area (Å²) in [6.07, 6.45) is -1.51. The van der Waals surface area contributed by atoms with Gasteiger partial charge in [-0.3, -0.25) is 4.90 Å². The zero-order valence-corrected chi connectivity index (χ0v) is 16.8. The molecule has 0 bridgehead atoms. The smallest absolute Gasteiger partial charge is 0.415 e. The van der Waals surface area contributed by atoms with Gasteiger partial charge in [0.1, 0.15) is 6.61 Å². The molecule has 1 aromatic carbocycles. The van der Waals surface area contributed by atoms with Gasteiger partial charge in [-0.25, -0.2) is 9.18 Å². The van der Waals surface area contributed by atoms with Crippen LogP contribution in [0.5, 0.6) is 0 Å². The number of rotatable bonds is 5. The van der Waals surface area contributed by atoms with E-state index in [1.807, 2.05) is 18.7 Å². The number of hydrogen-bond acceptors (Lipinski definition) is 8. The van der Waals surface area contributed by atoms with Crippen molar-refractivity contribution in [3.8, 4) is 0 Å². The van der Waals surface area contributed by atoms with Crippen molar-refractivity contribution in [1.29, 1.82) is 0 Å². The molecular formula is C19H24FN3O6. The Morgan fingerprint density at radius 1 is 1.24 bits per heavy atom. The predicted molar refractivity (Wildman–Crippen MR) is 102 cm³/mol. The Morgan fingerprint density at radius 2 is 1.93 bits per heavy atom. The van der Waals surface area contributed by atoms with Gasteiger partial charge in [-0.15, -0.1) is 0 Å². The van der Waals surface area contributed by atoms with E-state index in [-0.39, 0.29) is 30.2 Å². The van der Waals surface area contributed by atoms with E-state index < -0.39 is 18.2 Å². The molecule has 0 aliphatic carbocycles. The van der Waals surface area contributed by atoms with Crippen LogP contribution in [0.2, 0.25) is 0 Å². The predicted octanol–water partition coefficient (Wildman–Crippen LogP) is 2.83. The minimum absolute atomic E-state index is 0.0313. The van der Waals surface area contributed by atoms with Gasteiger partial charge in [-0.2, -0.15) is 0 Å². The summed E-state index contributed by atoms with van der Waals surface area (Å²) >= 11 is 0. The lowest BCUT2D eigenvalue weighted by Gasteiger charge is -2.38. The molecule has 0 saturated carbocycles. The Balaban J connectivity index is 1.89. The van der Waals surface area contributed by atoms with Crippen LogP contribution in [0.4, 0.5) is 20.7 Å². The highest BCUT2D eigenvalue weighted by Crippen LogP contribution is 2.41. The Kier molecular flexibility index (Phi) is 5.32. The summed E-state index contributed by atoms with van der Waals surface area (Å²) in [6.45, 7) is 5.43. The van der Waals surface area contributed by atoms with E-state index in [4.69, 9.17) is 23.5 Å². The second-order valence-electron chi connectivity index (χ2n) is 7.24. The average Bonchev–Trinajstić information content (AvgIpc) is 3.28. The first-order valence-electron chi connectivity index (χ1n) is 9.46. The molecule has 1 aromatic heterocycles. The maximum absolute atomic E-state index is 15.7. The number of benzene rings is 1. The lowest BCUT2D eigenvalue weighted by atomic mass is 10.0. The number of anilines is 2. The highest BCUT2D eigenvalue weighted by molar-refractivity contribution is 6.00. The third-order valence-corrected chi connectivity index (χ3v) is 5.12. The molecule has 3 heterocycles. The molecule has 0 N–H and O–H groups in total. The highest BCUT2D eigenvalue weighted by atomic mass is 19.1. The van der Waals surface area contributed by atoms with E-state index >= 15 is 4.39 Å². The van der Waals surface area contributed by atoms with Crippen molar-refractivity contribution < 1.29 is 32.7 Å². The van der Waals surface area contributed by atoms with Crippen LogP contribution in [-0.2, 0) is 18.9 Å². The van der Waals surface area contributed by atoms with Crippen molar-refractivity contribution in [3.63, 3.8) is 0 Å². The van der Waals surface area contributed by atoms with Crippen molar-refractivity contribution in [2.45, 2.75) is 32.3 Å². The van der Waals surface area contributed by atoms with Gasteiger partial charge in [0.2, 0.25) is 5.58 Å². The van der Waals surface area contributed by atoms with Crippen molar-refractivity contribution in [3.05, 3.63) is 17.4 Å². The van der Waals surface area contributed by atoms with Crippen LogP contribution in [-0.4, -0.2) is 63.9 Å². The normalized spacial score (nSPS) is 22.8. The zero-order valence-electron chi connectivity index (χ0n) is 16.8. The van der Waals surface area contributed by atoms with Crippen LogP contribution in [0.3, 0.4) is 0 Å². The van der Waals surface area contributed by atoms with Crippen LogP contribution in [0, 0.1) is 5.82 Å². The lowest BCUT2D eigenvalue weighted by Crippen LogP contribution is -2.46. The Morgan fingerprint density at radius 3 is 2.52 bits per heavy atom. The minimum Gasteiger partial charge on any atom is -0.447 e. The van der Waals surface area contributed by atoms with Crippen LogP contribution in [0.25, 0.3) is 11.0 Å². The number of hydrogen-bond donors (Lipinski definition) is 0. The van der Waals surface area contributed by atoms with E-state index in [0.29, 0.717) is 36.3 Å². The van der Waals surface area contributed by atoms with Gasteiger partial charge in [-0.05, 0) is 19.9 Å². The van der Waals surface area contributed by atoms with E-state index in [1.165, 1.54) is 19.1 Å². The standard InChI is InChI=1S/C19H24FN3O6/c1-10-8-22(9-11(2)28-10)15-12(18(25-3)26-4)7-13-16(14(15)20)29-21-17(13)23-5-6-27-19(23)24/h7,10-11,18H,5-6,8-9H2,1-4H3/t10-,11+. The Hall–Kier alpha value is -2.43. The van der Waals surface area contributed by atoms with Crippen LogP contribution in [0.15, 0.2) is 10.6 Å². The molecule has 158 valence electrons. The molecule has 2 aliphatic heterocycles. The SMILES string of the molecule is COC(OC)c1cc2c(N3CCOC3=O)noc2c(F)c1N1C[C@@H](C)O[C@@H](C)C1. The number of fused-ring (bicyclic) bond motifs is 1. The quantitative estimate of drug-likeness (QED) is 0.697. The summed E-state index contributed by atoms with van der Waals surface area (Å²) in [4.78, 5) is 15.2. The number of amides is 1. The molecule has 0 unspecified atom stereocenters. The maximum atomic E-state index is 15.7. The molecule has 9 nitrogen and oxygen atoms in total. The lowest BCUT2D eigenvalue weighted by molar-refractivity contribution is -0.105. The van der Waals surface area contributed by atoms with E-state index in [1.54, 1.807) is 6.07 Å². The second kappa shape index (κ2) is 7.77. The van der Waals surface area contributed by atoms with E-state index in [9.17, 15) is 4.79 Å². The van der Waals surface area contributed by atoms with Crippen molar-refractivity contribution in [2.75, 3.05) is 50.3 Å². The first-order chi connectivity index (χ1) is 13.9. The largest absolute Gasteiger partial charge is 0.447 e. The first-order valence-corrected chi connectivity index (χ1v) is 9.46. The summed E-state index contributed by atoms with van der Waals surface area (Å²) in [5.41, 5.74) is 0.773. The topological polar surface area (TPSA) is 86.5 Å². The Labute approximate surface area is 167 Å². The third-order valence-electron chi connectivity index (χ3n) is 5.12. The summed E-state index contributed by atoms with van der Waals surface area (Å²) in [7, 11) is 2.97. The van der Waals surface area contributed by atoms with Gasteiger partial charge < -0.3 is 28.4 Å². The second-order valence-corrected chi connectivity index (χ2v) is 7.24. The number of carbonyl (C=O) groups excluding carboxylic acids is 1. The third kappa shape index (κ3) is 3.41. The molecule has 2 aromatic rings. The van der Waals surface area contributed by atoms with Crippen LogP contribution in [0.1, 0.15) is 25.7 Å². The first kappa shape index (κ1) is 19.9. The minimum atomic E-state index is -0.814. The molecule has 1 amide bonds. The zero-order chi connectivity index (χ0) is 20.7. The number of aromatic nitrogens is 1. The fourth-order valence-corrected chi connectivity index (χ4v) is 4.03. The number of morpholine rings is 1. The number of halogens is 1. The van der Waals surface area contributed by atoms with Gasteiger partial charge in [0.25, 0.3) is 0 Å². The van der Waals surface area contributed by atoms with Crippen LogP contribution < -0.4 is 9.80 Å². The molecule has 2 fully saturated rings. The molecule has 4 rings (SSSR count). The number of nitrogens with zero attached hydrogens (tertiary/aromatic N) is 3. The highest BCUT2D eigenvalue weighted by Gasteiger charge is 2.34. The molecule has 2 atom stereocenters. The van der Waals surface area contributed by atoms with Gasteiger partial charge in [0.05, 0.1) is 29.8 Å². The molecular weight excluding hydrogens is 385 g/mol.